The molecule has 0 spiro atoms. The first-order valence-corrected chi connectivity index (χ1v) is 8.23. The van der Waals surface area contributed by atoms with E-state index in [2.05, 4.69) is 48.7 Å². The van der Waals surface area contributed by atoms with Gasteiger partial charge in [0.15, 0.2) is 0 Å². The average molecular weight is 282 g/mol. The zero-order chi connectivity index (χ0) is 14.0. The Morgan fingerprint density at radius 2 is 2.26 bits per heavy atom. The second-order valence-corrected chi connectivity index (χ2v) is 6.85. The highest BCUT2D eigenvalue weighted by Crippen LogP contribution is 2.32. The number of nitrogens with two attached hydrogens (primary N) is 1. The first-order chi connectivity index (χ1) is 9.08. The van der Waals surface area contributed by atoms with E-state index in [0.717, 1.165) is 13.0 Å². The summed E-state index contributed by atoms with van der Waals surface area (Å²) >= 11 is 2.06. The van der Waals surface area contributed by atoms with Gasteiger partial charge in [-0.25, -0.2) is 0 Å². The molecule has 5 heteroatoms. The topological polar surface area (TPSA) is 47.1 Å². The van der Waals surface area contributed by atoms with Crippen LogP contribution in [0.25, 0.3) is 0 Å². The monoisotopic (exact) mass is 282 g/mol. The third kappa shape index (κ3) is 2.98. The maximum atomic E-state index is 6.09. The van der Waals surface area contributed by atoms with Crippen molar-refractivity contribution in [1.29, 1.82) is 0 Å². The van der Waals surface area contributed by atoms with Crippen LogP contribution in [0.15, 0.2) is 6.20 Å². The van der Waals surface area contributed by atoms with E-state index in [0.29, 0.717) is 23.9 Å². The molecular weight excluding hydrogens is 256 g/mol. The van der Waals surface area contributed by atoms with Crippen molar-refractivity contribution in [3.8, 4) is 0 Å². The molecule has 2 N–H and O–H groups in total. The third-order valence-electron chi connectivity index (χ3n) is 4.19. The predicted molar refractivity (Wildman–Crippen MR) is 82.5 cm³/mol. The molecule has 3 unspecified atom stereocenters. The van der Waals surface area contributed by atoms with Crippen LogP contribution in [-0.2, 0) is 13.5 Å². The summed E-state index contributed by atoms with van der Waals surface area (Å²) in [6.45, 7) is 8.59. The smallest absolute Gasteiger partial charge is 0.0670 e. The van der Waals surface area contributed by atoms with E-state index in [1.54, 1.807) is 0 Å². The summed E-state index contributed by atoms with van der Waals surface area (Å²) in [7, 11) is 1.99. The summed E-state index contributed by atoms with van der Waals surface area (Å²) in [6.07, 6.45) is 3.12. The van der Waals surface area contributed by atoms with Crippen LogP contribution in [0.4, 0.5) is 0 Å². The Balaban J connectivity index is 2.28. The van der Waals surface area contributed by atoms with E-state index in [-0.39, 0.29) is 0 Å². The number of rotatable bonds is 4. The molecular formula is C14H26N4S. The van der Waals surface area contributed by atoms with Crippen LogP contribution in [0.1, 0.15) is 38.1 Å². The van der Waals surface area contributed by atoms with E-state index in [9.17, 15) is 0 Å². The molecule has 1 aromatic rings. The lowest BCUT2D eigenvalue weighted by molar-refractivity contribution is 0.150. The molecule has 1 saturated heterocycles. The normalized spacial score (nSPS) is 26.6. The van der Waals surface area contributed by atoms with Crippen LogP contribution in [-0.4, -0.2) is 44.8 Å². The van der Waals surface area contributed by atoms with Gasteiger partial charge in [-0.2, -0.15) is 16.9 Å². The minimum absolute atomic E-state index is 0.307. The average Bonchev–Trinajstić information content (AvgIpc) is 2.76. The lowest BCUT2D eigenvalue weighted by Gasteiger charge is -2.42. The molecule has 0 aromatic carbocycles. The van der Waals surface area contributed by atoms with Crippen LogP contribution in [0.3, 0.4) is 0 Å². The lowest BCUT2D eigenvalue weighted by Crippen LogP contribution is -2.48. The molecule has 0 amide bonds. The van der Waals surface area contributed by atoms with Crippen LogP contribution < -0.4 is 5.73 Å². The molecule has 108 valence electrons. The Labute approximate surface area is 120 Å². The van der Waals surface area contributed by atoms with Crippen molar-refractivity contribution in [1.82, 2.24) is 14.7 Å². The number of nitrogens with zero attached hydrogens (tertiary/aromatic N) is 3. The zero-order valence-corrected chi connectivity index (χ0v) is 13.3. The highest BCUT2D eigenvalue weighted by atomic mass is 32.2. The molecule has 4 nitrogen and oxygen atoms in total. The Kier molecular flexibility index (Phi) is 4.92. The SMILES string of the molecule is CCc1nn(C)cc1C(CN)N1CCSC(C)C1C. The van der Waals surface area contributed by atoms with Crippen LogP contribution in [0.5, 0.6) is 0 Å². The first-order valence-electron chi connectivity index (χ1n) is 7.18. The van der Waals surface area contributed by atoms with Gasteiger partial charge in [-0.05, 0) is 13.3 Å². The fourth-order valence-electron chi connectivity index (χ4n) is 2.94. The standard InChI is InChI=1S/C14H26N4S/c1-5-13-12(9-17(4)16-13)14(8-15)18-6-7-19-11(3)10(18)2/h9-11,14H,5-8,15H2,1-4H3. The maximum absolute atomic E-state index is 6.09. The Morgan fingerprint density at radius 3 is 2.89 bits per heavy atom. The number of hydrogen-bond donors (Lipinski definition) is 1. The van der Waals surface area contributed by atoms with Gasteiger partial charge in [-0.15, -0.1) is 0 Å². The van der Waals surface area contributed by atoms with E-state index >= 15 is 0 Å². The molecule has 1 aliphatic rings. The van der Waals surface area contributed by atoms with Gasteiger partial charge < -0.3 is 5.73 Å². The van der Waals surface area contributed by atoms with Gasteiger partial charge in [0.2, 0.25) is 0 Å². The summed E-state index contributed by atoms with van der Waals surface area (Å²) < 4.78 is 1.92. The number of aromatic nitrogens is 2. The van der Waals surface area contributed by atoms with Crippen molar-refractivity contribution in [2.45, 2.75) is 44.5 Å². The summed E-state index contributed by atoms with van der Waals surface area (Å²) in [5, 5.41) is 5.24. The highest BCUT2D eigenvalue weighted by Gasteiger charge is 2.32. The number of thioether (sulfide) groups is 1. The van der Waals surface area contributed by atoms with Gasteiger partial charge in [0.25, 0.3) is 0 Å². The predicted octanol–water partition coefficient (Wildman–Crippen LogP) is 1.81. The summed E-state index contributed by atoms with van der Waals surface area (Å²) in [4.78, 5) is 2.57. The molecule has 0 aliphatic carbocycles. The van der Waals surface area contributed by atoms with Crippen LogP contribution in [0.2, 0.25) is 0 Å². The van der Waals surface area contributed by atoms with Gasteiger partial charge in [-0.1, -0.05) is 13.8 Å². The molecule has 0 radical (unpaired) electrons. The number of aryl methyl sites for hydroxylation is 2. The molecule has 0 bridgehead atoms. The molecule has 1 fully saturated rings. The van der Waals surface area contributed by atoms with Crippen molar-refractivity contribution in [2.24, 2.45) is 12.8 Å². The van der Waals surface area contributed by atoms with E-state index in [4.69, 9.17) is 5.73 Å². The van der Waals surface area contributed by atoms with E-state index < -0.39 is 0 Å². The highest BCUT2D eigenvalue weighted by molar-refractivity contribution is 8.00. The minimum atomic E-state index is 0.307. The van der Waals surface area contributed by atoms with Gasteiger partial charge >= 0.3 is 0 Å². The zero-order valence-electron chi connectivity index (χ0n) is 12.5. The van der Waals surface area contributed by atoms with Gasteiger partial charge in [-0.3, -0.25) is 9.58 Å². The van der Waals surface area contributed by atoms with Crippen molar-refractivity contribution in [3.05, 3.63) is 17.5 Å². The summed E-state index contributed by atoms with van der Waals surface area (Å²) in [6, 6.07) is 0.874. The maximum Gasteiger partial charge on any atom is 0.0670 e. The largest absolute Gasteiger partial charge is 0.329 e. The first kappa shape index (κ1) is 14.9. The summed E-state index contributed by atoms with van der Waals surface area (Å²) in [5.41, 5.74) is 8.60. The molecule has 2 rings (SSSR count). The van der Waals surface area contributed by atoms with Crippen LogP contribution >= 0.6 is 11.8 Å². The molecule has 1 aromatic heterocycles. The van der Waals surface area contributed by atoms with E-state index in [1.165, 1.54) is 17.0 Å². The van der Waals surface area contributed by atoms with Crippen molar-refractivity contribution in [3.63, 3.8) is 0 Å². The fourth-order valence-corrected chi connectivity index (χ4v) is 4.07. The number of hydrogen-bond acceptors (Lipinski definition) is 4. The second kappa shape index (κ2) is 6.29. The quantitative estimate of drug-likeness (QED) is 0.915. The second-order valence-electron chi connectivity index (χ2n) is 5.36. The molecule has 19 heavy (non-hydrogen) atoms. The fraction of sp³-hybridized carbons (Fsp3) is 0.786. The summed E-state index contributed by atoms with van der Waals surface area (Å²) in [5.74, 6) is 1.20. The van der Waals surface area contributed by atoms with E-state index in [1.807, 2.05) is 11.7 Å². The van der Waals surface area contributed by atoms with Crippen LogP contribution in [0, 0.1) is 0 Å². The Bertz CT molecular complexity index is 418. The molecule has 0 saturated carbocycles. The van der Waals surface area contributed by atoms with Gasteiger partial charge in [0.1, 0.15) is 0 Å². The third-order valence-corrected chi connectivity index (χ3v) is 5.53. The van der Waals surface area contributed by atoms with Gasteiger partial charge in [0.05, 0.1) is 11.7 Å². The molecule has 3 atom stereocenters. The van der Waals surface area contributed by atoms with Gasteiger partial charge in [0, 0.05) is 48.9 Å². The van der Waals surface area contributed by atoms with Crippen molar-refractivity contribution < 1.29 is 0 Å². The molecule has 2 heterocycles. The molecule has 1 aliphatic heterocycles. The lowest BCUT2D eigenvalue weighted by atomic mass is 10.0. The van der Waals surface area contributed by atoms with Crippen molar-refractivity contribution >= 4 is 11.8 Å². The van der Waals surface area contributed by atoms with Crippen molar-refractivity contribution in [2.75, 3.05) is 18.8 Å². The Morgan fingerprint density at radius 1 is 1.53 bits per heavy atom. The Hall–Kier alpha value is -0.520. The minimum Gasteiger partial charge on any atom is -0.329 e.